The number of nitrogens with zero attached hydrogens (tertiary/aromatic N) is 1. The first-order valence-electron chi connectivity index (χ1n) is 7.81. The van der Waals surface area contributed by atoms with Gasteiger partial charge in [0.1, 0.15) is 0 Å². The van der Waals surface area contributed by atoms with E-state index in [0.29, 0.717) is 25.7 Å². The van der Waals surface area contributed by atoms with E-state index in [-0.39, 0.29) is 11.9 Å². The Morgan fingerprint density at radius 1 is 1.48 bits per heavy atom. The molecule has 1 aliphatic rings. The second-order valence-corrected chi connectivity index (χ2v) is 6.80. The smallest absolute Gasteiger partial charge is 0.225 e. The molecule has 0 radical (unpaired) electrons. The molecule has 0 atom stereocenters. The molecule has 0 bridgehead atoms. The minimum absolute atomic E-state index is 0.187. The maximum atomic E-state index is 12.4. The molecule has 1 aliphatic heterocycles. The summed E-state index contributed by atoms with van der Waals surface area (Å²) in [5.41, 5.74) is 0. The Morgan fingerprint density at radius 3 is 2.86 bits per heavy atom. The Morgan fingerprint density at radius 2 is 2.24 bits per heavy atom. The first-order chi connectivity index (χ1) is 10.2. The van der Waals surface area contributed by atoms with Crippen LogP contribution < -0.4 is 5.32 Å². The molecule has 2 heterocycles. The average molecular weight is 310 g/mol. The molecule has 21 heavy (non-hydrogen) atoms. The molecule has 0 spiro atoms. The Bertz CT molecular complexity index is 414. The van der Waals surface area contributed by atoms with E-state index in [2.05, 4.69) is 30.6 Å². The van der Waals surface area contributed by atoms with Gasteiger partial charge in [-0.2, -0.15) is 0 Å². The number of carbonyl (C=O) groups is 1. The van der Waals surface area contributed by atoms with Gasteiger partial charge in [-0.3, -0.25) is 4.79 Å². The van der Waals surface area contributed by atoms with E-state index < -0.39 is 0 Å². The van der Waals surface area contributed by atoms with Crippen LogP contribution in [0, 0.1) is 0 Å². The zero-order valence-corrected chi connectivity index (χ0v) is 13.8. The van der Waals surface area contributed by atoms with Crippen molar-refractivity contribution in [3.05, 3.63) is 22.4 Å². The van der Waals surface area contributed by atoms with Crippen LogP contribution in [0.15, 0.2) is 17.5 Å². The first kappa shape index (κ1) is 16.5. The maximum absolute atomic E-state index is 12.4. The van der Waals surface area contributed by atoms with Gasteiger partial charge in [-0.05, 0) is 51.2 Å². The highest BCUT2D eigenvalue weighted by Gasteiger charge is 2.19. The lowest BCUT2D eigenvalue weighted by Crippen LogP contribution is -2.37. The molecule has 118 valence electrons. The molecule has 0 saturated carbocycles. The standard InChI is InChI=1S/C16H26N2O2S/c1-13(2)18(12-15-4-3-11-21-15)16(19)7-10-20-14-5-8-17-9-6-14/h3-4,11,13-14,17H,5-10,12H2,1-2H3. The van der Waals surface area contributed by atoms with Gasteiger partial charge in [-0.1, -0.05) is 6.07 Å². The number of piperidine rings is 1. The van der Waals surface area contributed by atoms with Crippen LogP contribution >= 0.6 is 11.3 Å². The maximum Gasteiger partial charge on any atom is 0.225 e. The Hall–Kier alpha value is -0.910. The molecule has 0 unspecified atom stereocenters. The summed E-state index contributed by atoms with van der Waals surface area (Å²) >= 11 is 1.70. The highest BCUT2D eigenvalue weighted by molar-refractivity contribution is 7.09. The summed E-state index contributed by atoms with van der Waals surface area (Å²) in [4.78, 5) is 15.6. The third-order valence-electron chi connectivity index (χ3n) is 3.81. The second-order valence-electron chi connectivity index (χ2n) is 5.76. The molecule has 4 nitrogen and oxygen atoms in total. The fourth-order valence-electron chi connectivity index (χ4n) is 2.55. The van der Waals surface area contributed by atoms with Crippen LogP contribution in [0.2, 0.25) is 0 Å². The van der Waals surface area contributed by atoms with Gasteiger partial charge in [0.2, 0.25) is 5.91 Å². The van der Waals surface area contributed by atoms with Crippen molar-refractivity contribution in [2.45, 2.75) is 51.8 Å². The number of amides is 1. The number of nitrogens with one attached hydrogen (secondary N) is 1. The average Bonchev–Trinajstić information content (AvgIpc) is 2.98. The molecular weight excluding hydrogens is 284 g/mol. The first-order valence-corrected chi connectivity index (χ1v) is 8.69. The van der Waals surface area contributed by atoms with Gasteiger partial charge in [0, 0.05) is 10.9 Å². The summed E-state index contributed by atoms with van der Waals surface area (Å²) in [5.74, 6) is 0.187. The fourth-order valence-corrected chi connectivity index (χ4v) is 3.25. The lowest BCUT2D eigenvalue weighted by Gasteiger charge is -2.27. The third-order valence-corrected chi connectivity index (χ3v) is 4.67. The lowest BCUT2D eigenvalue weighted by atomic mass is 10.1. The van der Waals surface area contributed by atoms with Crippen molar-refractivity contribution < 1.29 is 9.53 Å². The van der Waals surface area contributed by atoms with Crippen molar-refractivity contribution in [1.82, 2.24) is 10.2 Å². The molecule has 0 aliphatic carbocycles. The quantitative estimate of drug-likeness (QED) is 0.842. The molecular formula is C16H26N2O2S. The Kier molecular flexibility index (Phi) is 6.67. The van der Waals surface area contributed by atoms with Crippen LogP contribution in [-0.2, 0) is 16.1 Å². The third kappa shape index (κ3) is 5.41. The number of hydrogen-bond acceptors (Lipinski definition) is 4. The Labute approximate surface area is 131 Å². The predicted octanol–water partition coefficient (Wildman–Crippen LogP) is 2.64. The summed E-state index contributed by atoms with van der Waals surface area (Å²) in [6.45, 7) is 7.43. The van der Waals surface area contributed by atoms with E-state index in [4.69, 9.17) is 4.74 Å². The van der Waals surface area contributed by atoms with Crippen molar-refractivity contribution in [3.63, 3.8) is 0 Å². The molecule has 1 saturated heterocycles. The summed E-state index contributed by atoms with van der Waals surface area (Å²) < 4.78 is 5.83. The van der Waals surface area contributed by atoms with Crippen molar-refractivity contribution >= 4 is 17.2 Å². The summed E-state index contributed by atoms with van der Waals surface area (Å²) in [7, 11) is 0. The van der Waals surface area contributed by atoms with E-state index in [1.807, 2.05) is 11.0 Å². The normalized spacial score (nSPS) is 16.3. The van der Waals surface area contributed by atoms with Crippen LogP contribution in [0.25, 0.3) is 0 Å². The van der Waals surface area contributed by atoms with Gasteiger partial charge in [-0.25, -0.2) is 0 Å². The molecule has 1 fully saturated rings. The van der Waals surface area contributed by atoms with Crippen molar-refractivity contribution in [2.75, 3.05) is 19.7 Å². The van der Waals surface area contributed by atoms with Gasteiger partial charge in [0.25, 0.3) is 0 Å². The zero-order valence-electron chi connectivity index (χ0n) is 13.0. The van der Waals surface area contributed by atoms with Crippen molar-refractivity contribution in [3.8, 4) is 0 Å². The Balaban J connectivity index is 1.75. The highest BCUT2D eigenvalue weighted by atomic mass is 32.1. The molecule has 1 N–H and O–H groups in total. The van der Waals surface area contributed by atoms with Gasteiger partial charge >= 0.3 is 0 Å². The molecule has 0 aromatic carbocycles. The molecule has 1 amide bonds. The van der Waals surface area contributed by atoms with Crippen molar-refractivity contribution in [1.29, 1.82) is 0 Å². The van der Waals surface area contributed by atoms with Crippen LogP contribution in [0.5, 0.6) is 0 Å². The molecule has 2 rings (SSSR count). The lowest BCUT2D eigenvalue weighted by molar-refractivity contribution is -0.135. The molecule has 5 heteroatoms. The highest BCUT2D eigenvalue weighted by Crippen LogP contribution is 2.15. The number of carbonyl (C=O) groups excluding carboxylic acids is 1. The van der Waals surface area contributed by atoms with Gasteiger partial charge in [0.15, 0.2) is 0 Å². The number of ether oxygens (including phenoxy) is 1. The van der Waals surface area contributed by atoms with Crippen LogP contribution in [0.4, 0.5) is 0 Å². The fraction of sp³-hybridized carbons (Fsp3) is 0.688. The van der Waals surface area contributed by atoms with Gasteiger partial charge < -0.3 is 15.0 Å². The van der Waals surface area contributed by atoms with E-state index >= 15 is 0 Å². The molecule has 1 aromatic rings. The van der Waals surface area contributed by atoms with E-state index in [9.17, 15) is 4.79 Å². The van der Waals surface area contributed by atoms with Crippen LogP contribution in [0.3, 0.4) is 0 Å². The largest absolute Gasteiger partial charge is 0.378 e. The number of rotatable bonds is 7. The van der Waals surface area contributed by atoms with Crippen LogP contribution in [0.1, 0.15) is 38.0 Å². The SMILES string of the molecule is CC(C)N(Cc1cccs1)C(=O)CCOC1CCNCC1. The van der Waals surface area contributed by atoms with Crippen molar-refractivity contribution in [2.24, 2.45) is 0 Å². The minimum atomic E-state index is 0.187. The number of hydrogen-bond donors (Lipinski definition) is 1. The predicted molar refractivity (Wildman–Crippen MR) is 86.5 cm³/mol. The topological polar surface area (TPSA) is 41.6 Å². The van der Waals surface area contributed by atoms with Crippen LogP contribution in [-0.4, -0.2) is 42.6 Å². The van der Waals surface area contributed by atoms with Gasteiger partial charge in [0.05, 0.1) is 25.7 Å². The summed E-state index contributed by atoms with van der Waals surface area (Å²) in [5, 5.41) is 5.37. The minimum Gasteiger partial charge on any atom is -0.378 e. The molecule has 1 aromatic heterocycles. The van der Waals surface area contributed by atoms with E-state index in [0.717, 1.165) is 25.9 Å². The summed E-state index contributed by atoms with van der Waals surface area (Å²) in [6, 6.07) is 4.33. The number of thiophene rings is 1. The van der Waals surface area contributed by atoms with E-state index in [1.165, 1.54) is 4.88 Å². The van der Waals surface area contributed by atoms with E-state index in [1.54, 1.807) is 11.3 Å². The zero-order chi connectivity index (χ0) is 15.1. The van der Waals surface area contributed by atoms with Gasteiger partial charge in [-0.15, -0.1) is 11.3 Å². The second kappa shape index (κ2) is 8.51. The monoisotopic (exact) mass is 310 g/mol. The summed E-state index contributed by atoms with van der Waals surface area (Å²) in [6.07, 6.45) is 2.91.